The molecule has 4 aromatic rings. The van der Waals surface area contributed by atoms with Crippen LogP contribution in [0.5, 0.6) is 0 Å². The number of benzene rings is 3. The number of nitrogen functional groups attached to an aromatic ring is 2. The molecule has 0 atom stereocenters. The second-order valence-electron chi connectivity index (χ2n) is 8.38. The zero-order chi connectivity index (χ0) is 26.2. The third-order valence-corrected chi connectivity index (χ3v) is 9.47. The van der Waals surface area contributed by atoms with E-state index in [-0.39, 0.29) is 50.2 Å². The third-order valence-electron chi connectivity index (χ3n) is 6.32. The van der Waals surface area contributed by atoms with Gasteiger partial charge in [0.1, 0.15) is 0 Å². The largest absolute Gasteiger partial charge is 0.500 e. The minimum Gasteiger partial charge on any atom is -0.397 e. The van der Waals surface area contributed by atoms with Crippen molar-refractivity contribution < 1.29 is 13.3 Å². The summed E-state index contributed by atoms with van der Waals surface area (Å²) in [5.41, 5.74) is 9.83. The average Bonchev–Trinajstić information content (AvgIpc) is 3.10. The van der Waals surface area contributed by atoms with Crippen molar-refractivity contribution in [1.29, 1.82) is 0 Å². The van der Waals surface area contributed by atoms with Gasteiger partial charge in [-0.15, -0.1) is 0 Å². The molecule has 190 valence electrons. The maximum Gasteiger partial charge on any atom is 0.500 e. The molecule has 0 saturated heterocycles. The number of rotatable bonds is 10. The molecule has 0 aliphatic carbocycles. The summed E-state index contributed by atoms with van der Waals surface area (Å²) >= 11 is 0. The fourth-order valence-electron chi connectivity index (χ4n) is 4.87. The van der Waals surface area contributed by atoms with Gasteiger partial charge in [-0.1, -0.05) is 24.3 Å². The average molecular weight is 512 g/mol. The highest BCUT2D eigenvalue weighted by Crippen LogP contribution is 2.31. The molecule has 4 rings (SSSR count). The number of fused-ring (bicyclic) bond motifs is 3. The quantitative estimate of drug-likeness (QED) is 0.141. The van der Waals surface area contributed by atoms with Crippen LogP contribution in [-0.2, 0) is 19.8 Å². The molecule has 0 unspecified atom stereocenters. The van der Waals surface area contributed by atoms with E-state index in [1.54, 1.807) is 12.1 Å². The van der Waals surface area contributed by atoms with Crippen molar-refractivity contribution in [3.8, 4) is 0 Å². The summed E-state index contributed by atoms with van der Waals surface area (Å²) in [4.78, 5) is 53.1. The highest BCUT2D eigenvalue weighted by atomic mass is 28.4. The second kappa shape index (κ2) is 9.94. The SMILES string of the molecule is CCO[Si](CCCn1c(=O)c2c(N)c3c(=O)c4ccccc4c(=O)c3c(N)c2c1=O)(OCC)OCC. The zero-order valence-electron chi connectivity index (χ0n) is 20.5. The molecule has 0 amide bonds. The molecule has 10 nitrogen and oxygen atoms in total. The molecule has 36 heavy (non-hydrogen) atoms. The lowest BCUT2D eigenvalue weighted by Crippen LogP contribution is -2.46. The van der Waals surface area contributed by atoms with Crippen molar-refractivity contribution in [3.63, 3.8) is 0 Å². The second-order valence-corrected chi connectivity index (χ2v) is 11.1. The molecule has 1 aromatic heterocycles. The van der Waals surface area contributed by atoms with Crippen LogP contribution in [0.1, 0.15) is 27.2 Å². The molecule has 0 aliphatic rings. The molecule has 0 spiro atoms. The Hall–Kier alpha value is -3.38. The Labute approximate surface area is 207 Å². The first kappa shape index (κ1) is 25.7. The summed E-state index contributed by atoms with van der Waals surface area (Å²) in [5.74, 6) is 0. The van der Waals surface area contributed by atoms with Crippen LogP contribution in [0, 0.1) is 0 Å². The minimum absolute atomic E-state index is 0.0417. The van der Waals surface area contributed by atoms with E-state index < -0.39 is 30.8 Å². The fourth-order valence-corrected chi connectivity index (χ4v) is 7.47. The molecule has 0 saturated carbocycles. The number of hydrogen-bond acceptors (Lipinski definition) is 9. The number of nitrogens with zero attached hydrogens (tertiary/aromatic N) is 1. The van der Waals surface area contributed by atoms with Crippen molar-refractivity contribution in [1.82, 2.24) is 4.57 Å². The standard InChI is InChI=1S/C25H29N3O7Si/c1-4-33-36(34-5-2,35-6-3)13-9-12-28-24(31)18-19(25(28)32)21(27)17-16(20(18)26)22(29)14-10-7-8-11-15(14)23(17)30/h7-8,10-11H,4-6,9,12-13,26-27H2,1-3H3. The lowest BCUT2D eigenvalue weighted by atomic mass is 9.97. The van der Waals surface area contributed by atoms with Gasteiger partial charge < -0.3 is 24.7 Å². The van der Waals surface area contributed by atoms with Gasteiger partial charge in [-0.25, -0.2) is 0 Å². The van der Waals surface area contributed by atoms with Crippen LogP contribution in [-0.4, -0.2) is 33.2 Å². The van der Waals surface area contributed by atoms with Gasteiger partial charge >= 0.3 is 8.80 Å². The van der Waals surface area contributed by atoms with Gasteiger partial charge in [0.2, 0.25) is 0 Å². The molecular formula is C25H29N3O7Si. The molecule has 3 aromatic carbocycles. The zero-order valence-corrected chi connectivity index (χ0v) is 21.5. The first-order chi connectivity index (χ1) is 17.2. The maximum atomic E-state index is 13.3. The van der Waals surface area contributed by atoms with E-state index in [2.05, 4.69) is 0 Å². The van der Waals surface area contributed by atoms with E-state index in [1.165, 1.54) is 12.1 Å². The monoisotopic (exact) mass is 511 g/mol. The van der Waals surface area contributed by atoms with Gasteiger partial charge in [0.25, 0.3) is 11.1 Å². The summed E-state index contributed by atoms with van der Waals surface area (Å²) in [6, 6.07) is 6.70. The lowest BCUT2D eigenvalue weighted by Gasteiger charge is -2.28. The molecule has 0 aliphatic heterocycles. The Kier molecular flexibility index (Phi) is 7.09. The van der Waals surface area contributed by atoms with E-state index in [9.17, 15) is 19.2 Å². The molecule has 0 radical (unpaired) electrons. The van der Waals surface area contributed by atoms with E-state index in [0.29, 0.717) is 32.3 Å². The Morgan fingerprint density at radius 1 is 0.722 bits per heavy atom. The van der Waals surface area contributed by atoms with Crippen molar-refractivity contribution in [3.05, 3.63) is 65.4 Å². The van der Waals surface area contributed by atoms with Crippen LogP contribution < -0.4 is 33.4 Å². The van der Waals surface area contributed by atoms with Crippen LogP contribution >= 0.6 is 0 Å². The van der Waals surface area contributed by atoms with Crippen molar-refractivity contribution in [2.75, 3.05) is 31.3 Å². The maximum absolute atomic E-state index is 13.3. The normalized spacial score (nSPS) is 12.3. The first-order valence-electron chi connectivity index (χ1n) is 11.9. The third kappa shape index (κ3) is 3.93. The summed E-state index contributed by atoms with van der Waals surface area (Å²) in [6.07, 6.45) is 0.362. The highest BCUT2D eigenvalue weighted by Gasteiger charge is 2.39. The summed E-state index contributed by atoms with van der Waals surface area (Å²) in [7, 11) is -2.98. The Morgan fingerprint density at radius 3 is 1.53 bits per heavy atom. The van der Waals surface area contributed by atoms with Crippen LogP contribution in [0.25, 0.3) is 32.3 Å². The first-order valence-corrected chi connectivity index (χ1v) is 13.9. The molecular weight excluding hydrogens is 482 g/mol. The van der Waals surface area contributed by atoms with Crippen LogP contribution in [0.3, 0.4) is 0 Å². The van der Waals surface area contributed by atoms with E-state index in [4.69, 9.17) is 24.7 Å². The number of aromatic nitrogens is 1. The van der Waals surface area contributed by atoms with Crippen LogP contribution in [0.15, 0.2) is 43.4 Å². The van der Waals surface area contributed by atoms with E-state index in [0.717, 1.165) is 4.57 Å². The fraction of sp³-hybridized carbons (Fsp3) is 0.360. The molecule has 0 fully saturated rings. The number of hydrogen-bond donors (Lipinski definition) is 2. The predicted molar refractivity (Wildman–Crippen MR) is 143 cm³/mol. The van der Waals surface area contributed by atoms with Crippen molar-refractivity contribution >= 4 is 52.5 Å². The topological polar surface area (TPSA) is 153 Å². The van der Waals surface area contributed by atoms with Gasteiger partial charge in [-0.3, -0.25) is 23.7 Å². The Balaban J connectivity index is 1.87. The Bertz CT molecular complexity index is 1550. The Morgan fingerprint density at radius 2 is 1.14 bits per heavy atom. The van der Waals surface area contributed by atoms with Crippen molar-refractivity contribution in [2.24, 2.45) is 0 Å². The van der Waals surface area contributed by atoms with E-state index >= 15 is 0 Å². The van der Waals surface area contributed by atoms with Gasteiger partial charge in [0.15, 0.2) is 10.9 Å². The van der Waals surface area contributed by atoms with Gasteiger partial charge in [0.05, 0.1) is 32.9 Å². The molecule has 4 N–H and O–H groups in total. The summed E-state index contributed by atoms with van der Waals surface area (Å²) in [5, 5.41) is -0.182. The summed E-state index contributed by atoms with van der Waals surface area (Å²) < 4.78 is 18.6. The van der Waals surface area contributed by atoms with E-state index in [1.807, 2.05) is 20.8 Å². The molecule has 11 heteroatoms. The van der Waals surface area contributed by atoms with Crippen LogP contribution in [0.2, 0.25) is 6.04 Å². The molecule has 0 bridgehead atoms. The smallest absolute Gasteiger partial charge is 0.397 e. The van der Waals surface area contributed by atoms with Gasteiger partial charge in [0, 0.05) is 43.2 Å². The number of nitrogens with two attached hydrogens (primary N) is 2. The van der Waals surface area contributed by atoms with Crippen LogP contribution in [0.4, 0.5) is 11.4 Å². The lowest BCUT2D eigenvalue weighted by molar-refractivity contribution is 0.0705. The predicted octanol–water partition coefficient (Wildman–Crippen LogP) is 1.87. The minimum atomic E-state index is -2.98. The highest BCUT2D eigenvalue weighted by molar-refractivity contribution is 6.60. The molecule has 1 heterocycles. The van der Waals surface area contributed by atoms with Gasteiger partial charge in [-0.05, 0) is 27.2 Å². The number of anilines is 2. The van der Waals surface area contributed by atoms with Crippen molar-refractivity contribution in [2.45, 2.75) is 39.8 Å². The summed E-state index contributed by atoms with van der Waals surface area (Å²) in [6.45, 7) is 6.79. The van der Waals surface area contributed by atoms with Gasteiger partial charge in [-0.2, -0.15) is 0 Å².